The third-order valence-corrected chi connectivity index (χ3v) is 4.73. The quantitative estimate of drug-likeness (QED) is 0.469. The Labute approximate surface area is 176 Å². The third kappa shape index (κ3) is 7.03. The number of carbonyl (C=O) groups excluding carboxylic acids is 1. The average Bonchev–Trinajstić information content (AvgIpc) is 3.17. The number of nitrogens with one attached hydrogen (secondary N) is 2. The van der Waals surface area contributed by atoms with Gasteiger partial charge in [0.15, 0.2) is 5.96 Å². The molecule has 1 aliphatic heterocycles. The predicted octanol–water partition coefficient (Wildman–Crippen LogP) is 3.00. The number of benzene rings is 1. The number of likely N-dealkylation sites (tertiary alicyclic amines) is 1. The van der Waals surface area contributed by atoms with E-state index in [4.69, 9.17) is 4.74 Å². The van der Waals surface area contributed by atoms with Gasteiger partial charge in [0.05, 0.1) is 6.61 Å². The summed E-state index contributed by atoms with van der Waals surface area (Å²) < 4.78 is 35.8. The highest BCUT2D eigenvalue weighted by Gasteiger charge is 2.28. The molecular weight excluding hydrogens is 394 g/mol. The van der Waals surface area contributed by atoms with Gasteiger partial charge in [0.2, 0.25) is 5.91 Å². The maximum Gasteiger partial charge on any atom is 0.387 e. The van der Waals surface area contributed by atoms with Gasteiger partial charge >= 0.3 is 6.61 Å². The highest BCUT2D eigenvalue weighted by Crippen LogP contribution is 2.26. The van der Waals surface area contributed by atoms with Gasteiger partial charge in [0.25, 0.3) is 0 Å². The lowest BCUT2D eigenvalue weighted by Crippen LogP contribution is -2.45. The molecule has 30 heavy (non-hydrogen) atoms. The SMILES string of the molecule is CCCOc1ccc(CNC(=NC)NC2CCN(C(=O)C(C)C)C2)c(OC(F)F)c1. The Kier molecular flexibility index (Phi) is 9.14. The first-order chi connectivity index (χ1) is 14.3. The number of ether oxygens (including phenoxy) is 2. The van der Waals surface area contributed by atoms with Crippen molar-refractivity contribution < 1.29 is 23.0 Å². The summed E-state index contributed by atoms with van der Waals surface area (Å²) in [5, 5.41) is 6.42. The Balaban J connectivity index is 1.96. The summed E-state index contributed by atoms with van der Waals surface area (Å²) in [5.74, 6) is 1.20. The smallest absolute Gasteiger partial charge is 0.387 e. The number of guanidine groups is 1. The first kappa shape index (κ1) is 23.7. The fraction of sp³-hybridized carbons (Fsp3) is 0.619. The second kappa shape index (κ2) is 11.6. The lowest BCUT2D eigenvalue weighted by atomic mass is 10.2. The van der Waals surface area contributed by atoms with Crippen molar-refractivity contribution in [3.63, 3.8) is 0 Å². The minimum absolute atomic E-state index is 0.0290. The molecular formula is C21H32F2N4O3. The summed E-state index contributed by atoms with van der Waals surface area (Å²) in [5.41, 5.74) is 0.560. The zero-order valence-electron chi connectivity index (χ0n) is 18.1. The van der Waals surface area contributed by atoms with Crippen molar-refractivity contribution in [1.82, 2.24) is 15.5 Å². The fourth-order valence-electron chi connectivity index (χ4n) is 3.21. The molecule has 1 saturated heterocycles. The average molecular weight is 427 g/mol. The van der Waals surface area contributed by atoms with Crippen LogP contribution in [0.25, 0.3) is 0 Å². The number of alkyl halides is 2. The number of nitrogens with zero attached hydrogens (tertiary/aromatic N) is 2. The van der Waals surface area contributed by atoms with E-state index in [1.54, 1.807) is 19.2 Å². The van der Waals surface area contributed by atoms with Crippen molar-refractivity contribution in [2.24, 2.45) is 10.9 Å². The van der Waals surface area contributed by atoms with E-state index in [0.717, 1.165) is 12.8 Å². The van der Waals surface area contributed by atoms with Crippen molar-refractivity contribution >= 4 is 11.9 Å². The Hall–Kier alpha value is -2.58. The van der Waals surface area contributed by atoms with Crippen LogP contribution in [0.4, 0.5) is 8.78 Å². The Morgan fingerprint density at radius 2 is 2.13 bits per heavy atom. The largest absolute Gasteiger partial charge is 0.493 e. The number of carbonyl (C=O) groups is 1. The first-order valence-corrected chi connectivity index (χ1v) is 10.3. The van der Waals surface area contributed by atoms with Crippen LogP contribution < -0.4 is 20.1 Å². The molecule has 0 spiro atoms. The maximum absolute atomic E-state index is 12.8. The van der Waals surface area contributed by atoms with Crippen molar-refractivity contribution in [1.29, 1.82) is 0 Å². The van der Waals surface area contributed by atoms with Crippen LogP contribution in [0.15, 0.2) is 23.2 Å². The predicted molar refractivity (Wildman–Crippen MR) is 112 cm³/mol. The molecule has 1 aromatic rings. The van der Waals surface area contributed by atoms with Crippen LogP contribution in [0.1, 0.15) is 39.2 Å². The normalized spacial score (nSPS) is 16.9. The monoisotopic (exact) mass is 426 g/mol. The summed E-state index contributed by atoms with van der Waals surface area (Å²) in [6.07, 6.45) is 1.64. The van der Waals surface area contributed by atoms with E-state index in [9.17, 15) is 13.6 Å². The first-order valence-electron chi connectivity index (χ1n) is 10.3. The Morgan fingerprint density at radius 3 is 2.77 bits per heavy atom. The molecule has 168 valence electrons. The van der Waals surface area contributed by atoms with Crippen LogP contribution >= 0.6 is 0 Å². The van der Waals surface area contributed by atoms with Gasteiger partial charge in [-0.2, -0.15) is 8.78 Å². The highest BCUT2D eigenvalue weighted by atomic mass is 19.3. The van der Waals surface area contributed by atoms with Crippen molar-refractivity contribution in [2.75, 3.05) is 26.7 Å². The molecule has 0 aromatic heterocycles. The molecule has 0 radical (unpaired) electrons. The van der Waals surface area contributed by atoms with Crippen LogP contribution in [0.2, 0.25) is 0 Å². The maximum atomic E-state index is 12.8. The van der Waals surface area contributed by atoms with Gasteiger partial charge in [-0.05, 0) is 25.0 Å². The zero-order chi connectivity index (χ0) is 22.1. The summed E-state index contributed by atoms with van der Waals surface area (Å²) >= 11 is 0. The molecule has 1 aromatic carbocycles. The number of hydrogen-bond donors (Lipinski definition) is 2. The second-order valence-electron chi connectivity index (χ2n) is 7.49. The van der Waals surface area contributed by atoms with Crippen LogP contribution in [-0.2, 0) is 11.3 Å². The van der Waals surface area contributed by atoms with Gasteiger partial charge in [-0.25, -0.2) is 0 Å². The summed E-state index contributed by atoms with van der Waals surface area (Å²) in [6, 6.07) is 4.98. The molecule has 0 bridgehead atoms. The molecule has 7 nitrogen and oxygen atoms in total. The molecule has 1 heterocycles. The molecule has 1 atom stereocenters. The molecule has 0 saturated carbocycles. The molecule has 2 rings (SSSR count). The van der Waals surface area contributed by atoms with E-state index in [1.165, 1.54) is 6.07 Å². The van der Waals surface area contributed by atoms with E-state index in [0.29, 0.717) is 37.0 Å². The lowest BCUT2D eigenvalue weighted by molar-refractivity contribution is -0.133. The van der Waals surface area contributed by atoms with Crippen LogP contribution in [0.3, 0.4) is 0 Å². The van der Waals surface area contributed by atoms with Crippen LogP contribution in [0, 0.1) is 5.92 Å². The topological polar surface area (TPSA) is 75.2 Å². The molecule has 9 heteroatoms. The minimum Gasteiger partial charge on any atom is -0.493 e. The number of rotatable bonds is 9. The highest BCUT2D eigenvalue weighted by molar-refractivity contribution is 5.81. The third-order valence-electron chi connectivity index (χ3n) is 4.73. The molecule has 2 N–H and O–H groups in total. The standard InChI is InChI=1S/C21H32F2N4O3/c1-5-10-29-17-7-6-15(18(11-17)30-20(22)23)12-25-21(24-4)26-16-8-9-27(13-16)19(28)14(2)3/h6-7,11,14,16,20H,5,8-10,12-13H2,1-4H3,(H2,24,25,26). The van der Waals surface area contributed by atoms with E-state index < -0.39 is 6.61 Å². The number of hydrogen-bond acceptors (Lipinski definition) is 4. The van der Waals surface area contributed by atoms with Gasteiger partial charge < -0.3 is 25.0 Å². The van der Waals surface area contributed by atoms with Gasteiger partial charge in [-0.15, -0.1) is 0 Å². The fourth-order valence-corrected chi connectivity index (χ4v) is 3.21. The van der Waals surface area contributed by atoms with Crippen molar-refractivity contribution in [2.45, 2.75) is 52.8 Å². The number of halogens is 2. The number of aliphatic imine (C=N–C) groups is 1. The van der Waals surface area contributed by atoms with E-state index in [1.807, 2.05) is 25.7 Å². The van der Waals surface area contributed by atoms with E-state index >= 15 is 0 Å². The number of amides is 1. The Morgan fingerprint density at radius 1 is 1.37 bits per heavy atom. The lowest BCUT2D eigenvalue weighted by Gasteiger charge is -2.21. The molecule has 1 unspecified atom stereocenters. The van der Waals surface area contributed by atoms with Crippen molar-refractivity contribution in [3.05, 3.63) is 23.8 Å². The van der Waals surface area contributed by atoms with Gasteiger partial charge in [0.1, 0.15) is 11.5 Å². The van der Waals surface area contributed by atoms with Crippen LogP contribution in [0.5, 0.6) is 11.5 Å². The van der Waals surface area contributed by atoms with Crippen molar-refractivity contribution in [3.8, 4) is 11.5 Å². The molecule has 1 amide bonds. The zero-order valence-corrected chi connectivity index (χ0v) is 18.1. The van der Waals surface area contributed by atoms with Gasteiger partial charge in [-0.3, -0.25) is 9.79 Å². The van der Waals surface area contributed by atoms with E-state index in [2.05, 4.69) is 20.4 Å². The second-order valence-corrected chi connectivity index (χ2v) is 7.49. The van der Waals surface area contributed by atoms with Crippen LogP contribution in [-0.4, -0.2) is 56.2 Å². The summed E-state index contributed by atoms with van der Waals surface area (Å²) in [6.45, 7) is 4.89. The molecule has 1 fully saturated rings. The molecule has 0 aliphatic carbocycles. The summed E-state index contributed by atoms with van der Waals surface area (Å²) in [7, 11) is 1.64. The molecule has 1 aliphatic rings. The minimum atomic E-state index is -2.93. The van der Waals surface area contributed by atoms with Gasteiger partial charge in [-0.1, -0.05) is 20.8 Å². The van der Waals surface area contributed by atoms with Gasteiger partial charge in [0, 0.05) is 50.3 Å². The summed E-state index contributed by atoms with van der Waals surface area (Å²) in [4.78, 5) is 18.2. The van der Waals surface area contributed by atoms with E-state index in [-0.39, 0.29) is 30.2 Å². The Bertz CT molecular complexity index is 728.